The molecule has 0 saturated heterocycles. The van der Waals surface area contributed by atoms with E-state index >= 15 is 0 Å². The quantitative estimate of drug-likeness (QED) is 0.0111. The van der Waals surface area contributed by atoms with Crippen LogP contribution < -0.4 is 5.73 Å². The first-order valence-corrected chi connectivity index (χ1v) is 25.0. The Morgan fingerprint density at radius 2 is 1.32 bits per heavy atom. The van der Waals surface area contributed by atoms with Crippen LogP contribution in [0.3, 0.4) is 0 Å². The number of carbonyl (C=O) groups excluding carboxylic acids is 2. The number of ether oxygens (including phenoxy) is 2. The van der Waals surface area contributed by atoms with Crippen molar-refractivity contribution in [3.8, 4) is 0 Å². The maximum Gasteiger partial charge on any atom is 0.472 e. The topological polar surface area (TPSA) is 232 Å². The van der Waals surface area contributed by atoms with Gasteiger partial charge in [0.15, 0.2) is 6.10 Å². The van der Waals surface area contributed by atoms with Crippen LogP contribution in [-0.4, -0.2) is 105 Å². The maximum atomic E-state index is 13.1. The highest BCUT2D eigenvalue weighted by molar-refractivity contribution is 8.00. The average molecular weight is 928 g/mol. The number of aliphatic hydroxyl groups is 3. The monoisotopic (exact) mass is 927 g/mol. The number of aliphatic hydroxyl groups excluding tert-OH is 3. The summed E-state index contributed by atoms with van der Waals surface area (Å²) in [7, 11) is -4.79. The molecule has 0 radical (unpaired) electrons. The van der Waals surface area contributed by atoms with Crippen LogP contribution in [0.25, 0.3) is 0 Å². The van der Waals surface area contributed by atoms with Crippen molar-refractivity contribution >= 4 is 37.5 Å². The minimum absolute atomic E-state index is 0.0309. The lowest BCUT2D eigenvalue weighted by molar-refractivity contribution is -0.161. The molecule has 0 spiro atoms. The van der Waals surface area contributed by atoms with Gasteiger partial charge in [-0.1, -0.05) is 131 Å². The smallest absolute Gasteiger partial charge is 0.472 e. The Kier molecular flexibility index (Phi) is 39.5. The van der Waals surface area contributed by atoms with Crippen LogP contribution in [0.15, 0.2) is 85.1 Å². The first-order chi connectivity index (χ1) is 30.3. The highest BCUT2D eigenvalue weighted by Gasteiger charge is 2.29. The summed E-state index contributed by atoms with van der Waals surface area (Å²) in [5.41, 5.74) is 6.18. The molecule has 16 heteroatoms. The number of carbonyl (C=O) groups is 3. The molecular formula is C47H78NO13PS. The number of carboxylic acids is 1. The van der Waals surface area contributed by atoms with Crippen molar-refractivity contribution in [2.45, 2.75) is 159 Å². The number of hydrogen-bond donors (Lipinski definition) is 6. The molecule has 0 heterocycles. The average Bonchev–Trinajstić information content (AvgIpc) is 3.26. The number of hydrogen-bond acceptors (Lipinski definition) is 13. The predicted molar refractivity (Wildman–Crippen MR) is 252 cm³/mol. The third-order valence-corrected chi connectivity index (χ3v) is 11.4. The summed E-state index contributed by atoms with van der Waals surface area (Å²) in [6, 6.07) is -1.24. The Labute approximate surface area is 381 Å². The second-order valence-corrected chi connectivity index (χ2v) is 17.6. The number of carboxylic acid groups (broad SMARTS) is 1. The van der Waals surface area contributed by atoms with Crippen molar-refractivity contribution in [3.63, 3.8) is 0 Å². The van der Waals surface area contributed by atoms with Crippen LogP contribution in [0, 0.1) is 0 Å². The Morgan fingerprint density at radius 1 is 0.714 bits per heavy atom. The number of thioether (sulfide) groups is 1. The summed E-state index contributed by atoms with van der Waals surface area (Å²) in [6.07, 6.45) is 38.8. The van der Waals surface area contributed by atoms with E-state index in [4.69, 9.17) is 29.9 Å². The second-order valence-electron chi connectivity index (χ2n) is 14.9. The minimum atomic E-state index is -4.79. The molecule has 0 aliphatic carbocycles. The summed E-state index contributed by atoms with van der Waals surface area (Å²) in [5, 5.41) is 37.9. The molecule has 7 N–H and O–H groups in total. The maximum absolute atomic E-state index is 13.1. The van der Waals surface area contributed by atoms with Crippen LogP contribution >= 0.6 is 19.6 Å². The number of unbranched alkanes of at least 4 members (excludes halogenated alkanes) is 8. The van der Waals surface area contributed by atoms with Crippen LogP contribution in [0.5, 0.6) is 0 Å². The van der Waals surface area contributed by atoms with Crippen LogP contribution in [-0.2, 0) is 37.5 Å². The first kappa shape index (κ1) is 59.9. The van der Waals surface area contributed by atoms with E-state index < -0.39 is 81.8 Å². The Hall–Kier alpha value is -3.11. The fourth-order valence-corrected chi connectivity index (χ4v) is 7.35. The van der Waals surface area contributed by atoms with Gasteiger partial charge in [-0.15, -0.1) is 11.8 Å². The van der Waals surface area contributed by atoms with Gasteiger partial charge in [0.1, 0.15) is 18.8 Å². The third-order valence-electron chi connectivity index (χ3n) is 9.03. The van der Waals surface area contributed by atoms with Gasteiger partial charge in [0.25, 0.3) is 0 Å². The van der Waals surface area contributed by atoms with Gasteiger partial charge in [0.05, 0.1) is 25.9 Å². The van der Waals surface area contributed by atoms with Gasteiger partial charge >= 0.3 is 25.7 Å². The van der Waals surface area contributed by atoms with Crippen molar-refractivity contribution in [2.75, 3.05) is 32.2 Å². The number of phosphoric ester groups is 1. The molecule has 63 heavy (non-hydrogen) atoms. The number of nitrogens with two attached hydrogens (primary N) is 1. The Morgan fingerprint density at radius 3 is 1.98 bits per heavy atom. The lowest BCUT2D eigenvalue weighted by atomic mass is 10.1. The molecule has 14 nitrogen and oxygen atoms in total. The molecule has 0 aliphatic rings. The zero-order chi connectivity index (χ0) is 46.8. The summed E-state index contributed by atoms with van der Waals surface area (Å²) >= 11 is 1.16. The zero-order valence-corrected chi connectivity index (χ0v) is 39.4. The van der Waals surface area contributed by atoms with Crippen LogP contribution in [0.4, 0.5) is 0 Å². The van der Waals surface area contributed by atoms with Crippen LogP contribution in [0.2, 0.25) is 0 Å². The zero-order valence-electron chi connectivity index (χ0n) is 37.7. The largest absolute Gasteiger partial charge is 0.481 e. The van der Waals surface area contributed by atoms with Gasteiger partial charge in [-0.25, -0.2) is 4.57 Å². The summed E-state index contributed by atoms with van der Waals surface area (Å²) in [6.45, 7) is 1.62. The van der Waals surface area contributed by atoms with E-state index in [1.165, 1.54) is 19.3 Å². The van der Waals surface area contributed by atoms with Gasteiger partial charge in [0, 0.05) is 23.8 Å². The summed E-state index contributed by atoms with van der Waals surface area (Å²) < 4.78 is 32.8. The second kappa shape index (κ2) is 41.6. The Balaban J connectivity index is 5.26. The van der Waals surface area contributed by atoms with E-state index in [0.29, 0.717) is 6.42 Å². The van der Waals surface area contributed by atoms with Crippen LogP contribution in [0.1, 0.15) is 129 Å². The van der Waals surface area contributed by atoms with E-state index in [9.17, 15) is 34.1 Å². The molecular weight excluding hydrogens is 850 g/mol. The first-order valence-electron chi connectivity index (χ1n) is 22.5. The fourth-order valence-electron chi connectivity index (χ4n) is 5.43. The normalized spacial score (nSPS) is 15.9. The highest BCUT2D eigenvalue weighted by atomic mass is 32.2. The van der Waals surface area contributed by atoms with Gasteiger partial charge in [-0.2, -0.15) is 0 Å². The fraction of sp³-hybridized carbons (Fsp3) is 0.638. The number of esters is 2. The highest BCUT2D eigenvalue weighted by Crippen LogP contribution is 2.43. The summed E-state index contributed by atoms with van der Waals surface area (Å²) in [4.78, 5) is 46.9. The number of phosphoric acid groups is 1. The van der Waals surface area contributed by atoms with Gasteiger partial charge in [-0.05, 0) is 70.6 Å². The van der Waals surface area contributed by atoms with Crippen molar-refractivity contribution in [1.82, 2.24) is 0 Å². The van der Waals surface area contributed by atoms with Gasteiger partial charge in [0.2, 0.25) is 0 Å². The molecule has 360 valence electrons. The molecule has 0 aromatic carbocycles. The molecule has 0 bridgehead atoms. The predicted octanol–water partition coefficient (Wildman–Crippen LogP) is 8.76. The minimum Gasteiger partial charge on any atom is -0.481 e. The van der Waals surface area contributed by atoms with Crippen molar-refractivity contribution in [1.29, 1.82) is 0 Å². The molecule has 0 aromatic heterocycles. The number of rotatable bonds is 41. The lowest BCUT2D eigenvalue weighted by Gasteiger charge is -2.23. The van der Waals surface area contributed by atoms with E-state index in [1.807, 2.05) is 18.2 Å². The van der Waals surface area contributed by atoms with Crippen molar-refractivity contribution in [2.24, 2.45) is 5.73 Å². The molecule has 0 aliphatic heterocycles. The number of aliphatic carboxylic acids is 1. The molecule has 1 unspecified atom stereocenters. The van der Waals surface area contributed by atoms with E-state index in [2.05, 4.69) is 67.0 Å². The molecule has 0 saturated carbocycles. The van der Waals surface area contributed by atoms with Crippen molar-refractivity contribution in [3.05, 3.63) is 85.1 Å². The van der Waals surface area contributed by atoms with E-state index in [1.54, 1.807) is 18.2 Å². The van der Waals surface area contributed by atoms with Gasteiger partial charge < -0.3 is 40.5 Å². The standard InChI is InChI=1S/C47H78NO13PS/c1-3-5-7-9-11-13-15-17-18-19-21-23-25-27-29-34-46(54)58-37-41(38-60-62(56,57)59-36-40(50)35-49)61-47(55)42(48)39-63-44(43(51)31-30-33-45(52)53)32-28-26-24-22-20-16-14-12-10-8-6-4-2/h5,7,11-14,17-18,20,22,24,26,28,32,40-44,49-51H,3-4,6,8-10,15-16,19,21,23,25,27,29-31,33-39,48H2,1-2H3,(H,52,53)(H,56,57)/b7-5-,13-11-,14-12-,18-17-,22-20-,26-24+,32-28+/t40-,41+,42-,43-,44+/m0/s1. The molecule has 0 aromatic rings. The molecule has 0 rings (SSSR count). The SMILES string of the molecule is CC/C=C\C/C=C\C/C=C\CCCCCCCC(=O)OC[C@H](COP(=O)(O)OC[C@@H](O)CO)OC(=O)[C@@H](N)CS[C@H](/C=C/C=C/C=C\C/C=C\CCCCC)[C@@H](O)CCCC(=O)O. The Bertz CT molecular complexity index is 1450. The molecule has 6 atom stereocenters. The third kappa shape index (κ3) is 39.0. The molecule has 0 amide bonds. The lowest BCUT2D eigenvalue weighted by Crippen LogP contribution is -2.40. The molecule has 0 fully saturated rings. The van der Waals surface area contributed by atoms with E-state index in [0.717, 1.165) is 76.0 Å². The van der Waals surface area contributed by atoms with E-state index in [-0.39, 0.29) is 31.4 Å². The summed E-state index contributed by atoms with van der Waals surface area (Å²) in [5.74, 6) is -2.50. The van der Waals surface area contributed by atoms with Crippen molar-refractivity contribution < 1.29 is 62.8 Å². The van der Waals surface area contributed by atoms with Gasteiger partial charge in [-0.3, -0.25) is 23.4 Å². The number of allylic oxidation sites excluding steroid dienone is 13.